The van der Waals surface area contributed by atoms with Gasteiger partial charge in [0.25, 0.3) is 0 Å². The number of nitrogens with two attached hydrogens (primary N) is 1. The molecule has 2 N–H and O–H groups in total. The standard InChI is InChI=1S/C7H10N2O3S/c8-13(10,11)4-6-3-12-9-7(6)5-1-2-5/h3,5H,1-2,4H2,(H2,8,10,11). The molecule has 1 saturated carbocycles. The van der Waals surface area contributed by atoms with E-state index in [4.69, 9.17) is 9.66 Å². The Morgan fingerprint density at radius 3 is 2.85 bits per heavy atom. The van der Waals surface area contributed by atoms with Gasteiger partial charge in [-0.25, -0.2) is 13.6 Å². The summed E-state index contributed by atoms with van der Waals surface area (Å²) in [6, 6.07) is 0. The Morgan fingerprint density at radius 2 is 2.31 bits per heavy atom. The van der Waals surface area contributed by atoms with Gasteiger partial charge in [0.2, 0.25) is 10.0 Å². The molecule has 13 heavy (non-hydrogen) atoms. The third-order valence-electron chi connectivity index (χ3n) is 2.00. The average molecular weight is 202 g/mol. The van der Waals surface area contributed by atoms with Gasteiger partial charge in [-0.1, -0.05) is 5.16 Å². The lowest BCUT2D eigenvalue weighted by molar-refractivity contribution is 0.411. The maximum Gasteiger partial charge on any atom is 0.213 e. The maximum absolute atomic E-state index is 10.8. The summed E-state index contributed by atoms with van der Waals surface area (Å²) in [5.74, 6) is 0.206. The third-order valence-corrected chi connectivity index (χ3v) is 2.71. The van der Waals surface area contributed by atoms with Gasteiger partial charge in [-0.3, -0.25) is 0 Å². The maximum atomic E-state index is 10.8. The van der Waals surface area contributed by atoms with Gasteiger partial charge in [0.1, 0.15) is 6.26 Å². The van der Waals surface area contributed by atoms with E-state index in [2.05, 4.69) is 5.16 Å². The van der Waals surface area contributed by atoms with Crippen molar-refractivity contribution in [3.05, 3.63) is 17.5 Å². The van der Waals surface area contributed by atoms with E-state index in [0.717, 1.165) is 18.5 Å². The molecule has 0 unspecified atom stereocenters. The summed E-state index contributed by atoms with van der Waals surface area (Å²) in [5, 5.41) is 8.69. The summed E-state index contributed by atoms with van der Waals surface area (Å²) in [5.41, 5.74) is 1.36. The Balaban J connectivity index is 2.24. The summed E-state index contributed by atoms with van der Waals surface area (Å²) in [4.78, 5) is 0. The molecular weight excluding hydrogens is 192 g/mol. The Labute approximate surface area is 76.0 Å². The first-order valence-corrected chi connectivity index (χ1v) is 5.71. The predicted octanol–water partition coefficient (Wildman–Crippen LogP) is 0.341. The van der Waals surface area contributed by atoms with Crippen LogP contribution in [0.2, 0.25) is 0 Å². The highest BCUT2D eigenvalue weighted by Gasteiger charge is 2.30. The van der Waals surface area contributed by atoms with E-state index in [1.165, 1.54) is 6.26 Å². The number of primary sulfonamides is 1. The van der Waals surface area contributed by atoms with Crippen LogP contribution in [0.25, 0.3) is 0 Å². The smallest absolute Gasteiger partial charge is 0.213 e. The molecule has 5 nitrogen and oxygen atoms in total. The minimum Gasteiger partial charge on any atom is -0.364 e. The number of hydrogen-bond donors (Lipinski definition) is 1. The zero-order valence-electron chi connectivity index (χ0n) is 6.93. The topological polar surface area (TPSA) is 86.2 Å². The van der Waals surface area contributed by atoms with E-state index < -0.39 is 10.0 Å². The second-order valence-electron chi connectivity index (χ2n) is 3.31. The van der Waals surface area contributed by atoms with Gasteiger partial charge in [0.15, 0.2) is 0 Å². The Morgan fingerprint density at radius 1 is 1.62 bits per heavy atom. The van der Waals surface area contributed by atoms with E-state index in [0.29, 0.717) is 11.5 Å². The minimum atomic E-state index is -3.48. The van der Waals surface area contributed by atoms with E-state index in [1.807, 2.05) is 0 Å². The molecule has 0 atom stereocenters. The fraction of sp³-hybridized carbons (Fsp3) is 0.571. The summed E-state index contributed by atoms with van der Waals surface area (Å²) in [7, 11) is -3.48. The Kier molecular flexibility index (Phi) is 1.88. The van der Waals surface area contributed by atoms with Crippen molar-refractivity contribution in [1.29, 1.82) is 0 Å². The van der Waals surface area contributed by atoms with Crippen molar-refractivity contribution in [1.82, 2.24) is 5.16 Å². The van der Waals surface area contributed by atoms with Crippen LogP contribution in [0.3, 0.4) is 0 Å². The van der Waals surface area contributed by atoms with Crippen LogP contribution in [-0.4, -0.2) is 13.6 Å². The fourth-order valence-corrected chi connectivity index (χ4v) is 1.93. The Hall–Kier alpha value is -0.880. The van der Waals surface area contributed by atoms with Gasteiger partial charge in [-0.05, 0) is 12.8 Å². The molecule has 1 heterocycles. The van der Waals surface area contributed by atoms with Crippen LogP contribution in [-0.2, 0) is 15.8 Å². The molecule has 0 bridgehead atoms. The van der Waals surface area contributed by atoms with E-state index in [1.54, 1.807) is 0 Å². The molecule has 0 spiro atoms. The van der Waals surface area contributed by atoms with Crippen molar-refractivity contribution in [3.8, 4) is 0 Å². The molecule has 72 valence electrons. The highest BCUT2D eigenvalue weighted by atomic mass is 32.2. The zero-order valence-corrected chi connectivity index (χ0v) is 7.75. The first-order chi connectivity index (χ1) is 6.06. The zero-order chi connectivity index (χ0) is 9.47. The first-order valence-electron chi connectivity index (χ1n) is 4.00. The van der Waals surface area contributed by atoms with Gasteiger partial charge in [-0.15, -0.1) is 0 Å². The van der Waals surface area contributed by atoms with E-state index in [9.17, 15) is 8.42 Å². The van der Waals surface area contributed by atoms with Crippen LogP contribution >= 0.6 is 0 Å². The van der Waals surface area contributed by atoms with Crippen molar-refractivity contribution < 1.29 is 12.9 Å². The van der Waals surface area contributed by atoms with Crippen LogP contribution in [0.5, 0.6) is 0 Å². The lowest BCUT2D eigenvalue weighted by atomic mass is 10.2. The lowest BCUT2D eigenvalue weighted by Gasteiger charge is -1.96. The monoisotopic (exact) mass is 202 g/mol. The van der Waals surface area contributed by atoms with Crippen molar-refractivity contribution >= 4 is 10.0 Å². The number of sulfonamides is 1. The number of rotatable bonds is 3. The lowest BCUT2D eigenvalue weighted by Crippen LogP contribution is -2.14. The van der Waals surface area contributed by atoms with Crippen LogP contribution in [0.4, 0.5) is 0 Å². The SMILES string of the molecule is NS(=O)(=O)Cc1conc1C1CC1. The van der Waals surface area contributed by atoms with Crippen LogP contribution < -0.4 is 5.14 Å². The molecule has 0 aliphatic heterocycles. The average Bonchev–Trinajstić information content (AvgIpc) is 2.72. The second-order valence-corrected chi connectivity index (χ2v) is 4.92. The molecule has 1 fully saturated rings. The van der Waals surface area contributed by atoms with Gasteiger partial charge >= 0.3 is 0 Å². The third kappa shape index (κ3) is 2.07. The Bertz CT molecular complexity index is 405. The molecule has 1 aliphatic rings. The van der Waals surface area contributed by atoms with E-state index in [-0.39, 0.29) is 5.75 Å². The normalized spacial score (nSPS) is 17.6. The van der Waals surface area contributed by atoms with Gasteiger partial charge in [0.05, 0.1) is 11.4 Å². The molecule has 0 saturated heterocycles. The van der Waals surface area contributed by atoms with Crippen LogP contribution in [0.15, 0.2) is 10.8 Å². The van der Waals surface area contributed by atoms with Crippen molar-refractivity contribution in [3.63, 3.8) is 0 Å². The summed E-state index contributed by atoms with van der Waals surface area (Å²) >= 11 is 0. The molecule has 0 aromatic carbocycles. The number of hydrogen-bond acceptors (Lipinski definition) is 4. The quantitative estimate of drug-likeness (QED) is 0.765. The molecule has 1 aliphatic carbocycles. The number of aromatic nitrogens is 1. The molecular formula is C7H10N2O3S. The van der Waals surface area contributed by atoms with Crippen LogP contribution in [0, 0.1) is 0 Å². The molecule has 0 amide bonds. The van der Waals surface area contributed by atoms with E-state index >= 15 is 0 Å². The van der Waals surface area contributed by atoms with Gasteiger partial charge < -0.3 is 4.52 Å². The summed E-state index contributed by atoms with van der Waals surface area (Å²) in [6.45, 7) is 0. The van der Waals surface area contributed by atoms with Crippen molar-refractivity contribution in [2.75, 3.05) is 0 Å². The largest absolute Gasteiger partial charge is 0.364 e. The highest BCUT2D eigenvalue weighted by molar-refractivity contribution is 7.88. The highest BCUT2D eigenvalue weighted by Crippen LogP contribution is 2.40. The predicted molar refractivity (Wildman–Crippen MR) is 45.3 cm³/mol. The van der Waals surface area contributed by atoms with Crippen molar-refractivity contribution in [2.45, 2.75) is 24.5 Å². The van der Waals surface area contributed by atoms with Crippen LogP contribution in [0.1, 0.15) is 30.0 Å². The molecule has 0 radical (unpaired) electrons. The summed E-state index contributed by atoms with van der Waals surface area (Å²) < 4.78 is 26.3. The van der Waals surface area contributed by atoms with Crippen molar-refractivity contribution in [2.24, 2.45) is 5.14 Å². The second kappa shape index (κ2) is 2.81. The molecule has 6 heteroatoms. The van der Waals surface area contributed by atoms with Gasteiger partial charge in [0, 0.05) is 11.5 Å². The first kappa shape index (κ1) is 8.71. The molecule has 1 aromatic heterocycles. The van der Waals surface area contributed by atoms with Gasteiger partial charge in [-0.2, -0.15) is 0 Å². The fourth-order valence-electron chi connectivity index (χ4n) is 1.28. The molecule has 1 aromatic rings. The summed E-state index contributed by atoms with van der Waals surface area (Å²) in [6.07, 6.45) is 3.48. The molecule has 2 rings (SSSR count). The minimum absolute atomic E-state index is 0.178. The number of nitrogens with zero attached hydrogens (tertiary/aromatic N) is 1.